The van der Waals surface area contributed by atoms with Crippen molar-refractivity contribution in [3.05, 3.63) is 36.2 Å². The van der Waals surface area contributed by atoms with E-state index in [1.807, 2.05) is 10.6 Å². The molecular formula is C12H14FN3. The predicted molar refractivity (Wildman–Crippen MR) is 60.0 cm³/mol. The Labute approximate surface area is 93.3 Å². The SMILES string of the molecule is Fc1cccn2c(C3CCCNC3)ncc12. The van der Waals surface area contributed by atoms with Crippen molar-refractivity contribution in [3.63, 3.8) is 0 Å². The van der Waals surface area contributed by atoms with Gasteiger partial charge in [0.2, 0.25) is 0 Å². The molecule has 1 aliphatic heterocycles. The summed E-state index contributed by atoms with van der Waals surface area (Å²) in [5.74, 6) is 1.17. The van der Waals surface area contributed by atoms with Gasteiger partial charge in [-0.1, -0.05) is 0 Å². The lowest BCUT2D eigenvalue weighted by Gasteiger charge is -2.21. The van der Waals surface area contributed by atoms with Crippen LogP contribution in [0.4, 0.5) is 4.39 Å². The zero-order valence-electron chi connectivity index (χ0n) is 8.99. The molecule has 2 aromatic heterocycles. The highest BCUT2D eigenvalue weighted by molar-refractivity contribution is 5.47. The second-order valence-electron chi connectivity index (χ2n) is 4.27. The Morgan fingerprint density at radius 3 is 3.25 bits per heavy atom. The molecule has 16 heavy (non-hydrogen) atoms. The first kappa shape index (κ1) is 9.78. The summed E-state index contributed by atoms with van der Waals surface area (Å²) < 4.78 is 15.4. The topological polar surface area (TPSA) is 29.3 Å². The Bertz CT molecular complexity index is 500. The lowest BCUT2D eigenvalue weighted by molar-refractivity contribution is 0.445. The molecule has 0 bridgehead atoms. The third-order valence-corrected chi connectivity index (χ3v) is 3.21. The molecule has 84 valence electrons. The van der Waals surface area contributed by atoms with E-state index in [2.05, 4.69) is 10.3 Å². The van der Waals surface area contributed by atoms with Crippen LogP contribution >= 0.6 is 0 Å². The number of rotatable bonds is 1. The number of halogens is 1. The van der Waals surface area contributed by atoms with Gasteiger partial charge < -0.3 is 9.72 Å². The fourth-order valence-corrected chi connectivity index (χ4v) is 2.38. The highest BCUT2D eigenvalue weighted by Crippen LogP contribution is 2.23. The van der Waals surface area contributed by atoms with E-state index in [4.69, 9.17) is 0 Å². The Hall–Kier alpha value is -1.42. The first-order chi connectivity index (χ1) is 7.86. The van der Waals surface area contributed by atoms with Crippen LogP contribution in [-0.2, 0) is 0 Å². The summed E-state index contributed by atoms with van der Waals surface area (Å²) in [4.78, 5) is 4.36. The second kappa shape index (κ2) is 3.87. The third-order valence-electron chi connectivity index (χ3n) is 3.21. The summed E-state index contributed by atoms with van der Waals surface area (Å²) in [6, 6.07) is 3.20. The molecule has 4 heteroatoms. The number of aromatic nitrogens is 2. The average Bonchev–Trinajstić information content (AvgIpc) is 2.75. The summed E-state index contributed by atoms with van der Waals surface area (Å²) in [5.41, 5.74) is 0.572. The molecular weight excluding hydrogens is 205 g/mol. The van der Waals surface area contributed by atoms with E-state index < -0.39 is 0 Å². The Morgan fingerprint density at radius 1 is 1.50 bits per heavy atom. The Balaban J connectivity index is 2.06. The molecule has 3 nitrogen and oxygen atoms in total. The van der Waals surface area contributed by atoms with Gasteiger partial charge >= 0.3 is 0 Å². The van der Waals surface area contributed by atoms with Gasteiger partial charge in [-0.2, -0.15) is 0 Å². The molecule has 1 unspecified atom stereocenters. The van der Waals surface area contributed by atoms with Gasteiger partial charge in [0.25, 0.3) is 0 Å². The molecule has 1 fully saturated rings. The lowest BCUT2D eigenvalue weighted by Crippen LogP contribution is -2.29. The molecule has 0 radical (unpaired) electrons. The van der Waals surface area contributed by atoms with Crippen LogP contribution < -0.4 is 5.32 Å². The predicted octanol–water partition coefficient (Wildman–Crippen LogP) is 1.94. The molecule has 2 aromatic rings. The summed E-state index contributed by atoms with van der Waals surface area (Å²) in [6.45, 7) is 2.02. The third kappa shape index (κ3) is 1.50. The van der Waals surface area contributed by atoms with E-state index in [0.29, 0.717) is 11.4 Å². The highest BCUT2D eigenvalue weighted by Gasteiger charge is 2.20. The Kier molecular flexibility index (Phi) is 2.36. The van der Waals surface area contributed by atoms with Gasteiger partial charge in [-0.25, -0.2) is 9.37 Å². The van der Waals surface area contributed by atoms with Crippen LogP contribution in [0.3, 0.4) is 0 Å². The molecule has 1 atom stereocenters. The van der Waals surface area contributed by atoms with Crippen LogP contribution in [0, 0.1) is 5.82 Å². The maximum Gasteiger partial charge on any atom is 0.148 e. The van der Waals surface area contributed by atoms with E-state index in [1.165, 1.54) is 6.07 Å². The van der Waals surface area contributed by atoms with Crippen molar-refractivity contribution < 1.29 is 4.39 Å². The van der Waals surface area contributed by atoms with Crippen molar-refractivity contribution in [3.8, 4) is 0 Å². The number of hydrogen-bond donors (Lipinski definition) is 1. The van der Waals surface area contributed by atoms with E-state index in [1.54, 1.807) is 12.3 Å². The Morgan fingerprint density at radius 2 is 2.44 bits per heavy atom. The standard InChI is InChI=1S/C12H14FN3/c13-10-4-2-6-16-11(10)8-15-12(16)9-3-1-5-14-7-9/h2,4,6,8-9,14H,1,3,5,7H2. The van der Waals surface area contributed by atoms with Crippen molar-refractivity contribution >= 4 is 5.52 Å². The summed E-state index contributed by atoms with van der Waals surface area (Å²) >= 11 is 0. The van der Waals surface area contributed by atoms with E-state index in [-0.39, 0.29) is 5.82 Å². The van der Waals surface area contributed by atoms with Gasteiger partial charge in [0.1, 0.15) is 17.2 Å². The average molecular weight is 219 g/mol. The first-order valence-corrected chi connectivity index (χ1v) is 5.68. The number of imidazole rings is 1. The molecule has 0 aliphatic carbocycles. The number of fused-ring (bicyclic) bond motifs is 1. The van der Waals surface area contributed by atoms with Gasteiger partial charge in [-0.3, -0.25) is 0 Å². The summed E-state index contributed by atoms with van der Waals surface area (Å²) in [5, 5.41) is 3.36. The maximum atomic E-state index is 13.5. The molecule has 0 aromatic carbocycles. The number of pyridine rings is 1. The molecule has 0 spiro atoms. The van der Waals surface area contributed by atoms with Crippen LogP contribution in [0.5, 0.6) is 0 Å². The van der Waals surface area contributed by atoms with E-state index >= 15 is 0 Å². The van der Waals surface area contributed by atoms with Gasteiger partial charge in [-0.15, -0.1) is 0 Å². The minimum Gasteiger partial charge on any atom is -0.316 e. The molecule has 1 N–H and O–H groups in total. The smallest absolute Gasteiger partial charge is 0.148 e. The highest BCUT2D eigenvalue weighted by atomic mass is 19.1. The normalized spacial score (nSPS) is 21.4. The fourth-order valence-electron chi connectivity index (χ4n) is 2.38. The van der Waals surface area contributed by atoms with Crippen LogP contribution in [-0.4, -0.2) is 22.5 Å². The number of piperidine rings is 1. The molecule has 3 heterocycles. The second-order valence-corrected chi connectivity index (χ2v) is 4.27. The van der Waals surface area contributed by atoms with Gasteiger partial charge in [0, 0.05) is 18.7 Å². The molecule has 1 aliphatic rings. The number of nitrogens with one attached hydrogen (secondary N) is 1. The number of nitrogens with zero attached hydrogens (tertiary/aromatic N) is 2. The van der Waals surface area contributed by atoms with Crippen LogP contribution in [0.15, 0.2) is 24.5 Å². The maximum absolute atomic E-state index is 13.5. The van der Waals surface area contributed by atoms with Crippen molar-refractivity contribution in [1.82, 2.24) is 14.7 Å². The lowest BCUT2D eigenvalue weighted by atomic mass is 9.99. The van der Waals surface area contributed by atoms with Gasteiger partial charge in [-0.05, 0) is 31.5 Å². The molecule has 0 saturated carbocycles. The van der Waals surface area contributed by atoms with Crippen LogP contribution in [0.1, 0.15) is 24.6 Å². The zero-order chi connectivity index (χ0) is 11.0. The zero-order valence-corrected chi connectivity index (χ0v) is 8.99. The minimum atomic E-state index is -0.204. The van der Waals surface area contributed by atoms with Crippen molar-refractivity contribution in [1.29, 1.82) is 0 Å². The van der Waals surface area contributed by atoms with E-state index in [0.717, 1.165) is 31.8 Å². The van der Waals surface area contributed by atoms with Gasteiger partial charge in [0.15, 0.2) is 0 Å². The van der Waals surface area contributed by atoms with E-state index in [9.17, 15) is 4.39 Å². The summed E-state index contributed by atoms with van der Waals surface area (Å²) in [7, 11) is 0. The molecule has 0 amide bonds. The van der Waals surface area contributed by atoms with Crippen molar-refractivity contribution in [2.75, 3.05) is 13.1 Å². The molecule has 3 rings (SSSR count). The van der Waals surface area contributed by atoms with Crippen molar-refractivity contribution in [2.24, 2.45) is 0 Å². The number of hydrogen-bond acceptors (Lipinski definition) is 2. The molecule has 1 saturated heterocycles. The minimum absolute atomic E-state index is 0.204. The largest absolute Gasteiger partial charge is 0.316 e. The van der Waals surface area contributed by atoms with Crippen molar-refractivity contribution in [2.45, 2.75) is 18.8 Å². The summed E-state index contributed by atoms with van der Waals surface area (Å²) in [6.07, 6.45) is 5.80. The van der Waals surface area contributed by atoms with Gasteiger partial charge in [0.05, 0.1) is 6.20 Å². The first-order valence-electron chi connectivity index (χ1n) is 5.68. The fraction of sp³-hybridized carbons (Fsp3) is 0.417. The van der Waals surface area contributed by atoms with Crippen LogP contribution in [0.25, 0.3) is 5.52 Å². The van der Waals surface area contributed by atoms with Crippen LogP contribution in [0.2, 0.25) is 0 Å². The quantitative estimate of drug-likeness (QED) is 0.794. The monoisotopic (exact) mass is 219 g/mol.